The van der Waals surface area contributed by atoms with Crippen molar-refractivity contribution in [3.63, 3.8) is 0 Å². The molecule has 1 aromatic rings. The Morgan fingerprint density at radius 3 is 2.53 bits per heavy atom. The Kier molecular flexibility index (Phi) is 3.86. The Labute approximate surface area is 96.4 Å². The predicted octanol–water partition coefficient (Wildman–Crippen LogP) is 3.74. The smallest absolute Gasteiger partial charge is 0.160 e. The zero-order valence-electron chi connectivity index (χ0n) is 9.51. The third kappa shape index (κ3) is 4.00. The van der Waals surface area contributed by atoms with Crippen LogP contribution in [0.5, 0.6) is 5.75 Å². The maximum atomic E-state index is 5.97. The molecule has 0 saturated carbocycles. The van der Waals surface area contributed by atoms with E-state index >= 15 is 0 Å². The van der Waals surface area contributed by atoms with Crippen LogP contribution in [0.25, 0.3) is 0 Å². The van der Waals surface area contributed by atoms with Gasteiger partial charge in [0.05, 0.1) is 17.3 Å². The highest BCUT2D eigenvalue weighted by atomic mass is 35.5. The lowest BCUT2D eigenvalue weighted by Crippen LogP contribution is -2.11. The van der Waals surface area contributed by atoms with Gasteiger partial charge in [-0.3, -0.25) is 0 Å². The summed E-state index contributed by atoms with van der Waals surface area (Å²) in [5.41, 5.74) is 6.62. The lowest BCUT2D eigenvalue weighted by atomic mass is 9.93. The van der Waals surface area contributed by atoms with E-state index in [1.807, 2.05) is 6.07 Å². The second-order valence-corrected chi connectivity index (χ2v) is 5.22. The van der Waals surface area contributed by atoms with Crippen LogP contribution in [0.4, 0.5) is 5.69 Å². The number of benzene rings is 1. The largest absolute Gasteiger partial charge is 0.490 e. The molecule has 0 atom stereocenters. The summed E-state index contributed by atoms with van der Waals surface area (Å²) in [7, 11) is 0. The second kappa shape index (κ2) is 4.75. The zero-order valence-corrected chi connectivity index (χ0v) is 10.3. The van der Waals surface area contributed by atoms with Crippen LogP contribution in [-0.2, 0) is 0 Å². The van der Waals surface area contributed by atoms with E-state index in [1.54, 1.807) is 12.1 Å². The van der Waals surface area contributed by atoms with Gasteiger partial charge in [0.2, 0.25) is 0 Å². The molecule has 1 rings (SSSR count). The van der Waals surface area contributed by atoms with E-state index in [4.69, 9.17) is 22.1 Å². The predicted molar refractivity (Wildman–Crippen MR) is 65.4 cm³/mol. The molecule has 0 aliphatic rings. The standard InChI is InChI=1S/C12H18ClNO/c1-12(2,3)7-8-15-11-9(13)5-4-6-10(11)14/h4-6H,7-8,14H2,1-3H3. The van der Waals surface area contributed by atoms with Gasteiger partial charge in [0.15, 0.2) is 5.75 Å². The molecular formula is C12H18ClNO. The first-order valence-corrected chi connectivity index (χ1v) is 5.45. The molecule has 0 aliphatic carbocycles. The van der Waals surface area contributed by atoms with Crippen molar-refractivity contribution < 1.29 is 4.74 Å². The number of rotatable bonds is 3. The fourth-order valence-corrected chi connectivity index (χ4v) is 1.37. The molecule has 0 amide bonds. The number of nitrogen functional groups attached to an aromatic ring is 1. The van der Waals surface area contributed by atoms with E-state index in [1.165, 1.54) is 0 Å². The van der Waals surface area contributed by atoms with Crippen molar-refractivity contribution in [3.05, 3.63) is 23.2 Å². The minimum Gasteiger partial charge on any atom is -0.490 e. The summed E-state index contributed by atoms with van der Waals surface area (Å²) >= 11 is 5.97. The summed E-state index contributed by atoms with van der Waals surface area (Å²) in [6.45, 7) is 7.16. The van der Waals surface area contributed by atoms with E-state index < -0.39 is 0 Å². The molecule has 0 spiro atoms. The van der Waals surface area contributed by atoms with Crippen LogP contribution in [0.15, 0.2) is 18.2 Å². The second-order valence-electron chi connectivity index (χ2n) is 4.82. The van der Waals surface area contributed by atoms with Gasteiger partial charge in [-0.05, 0) is 24.0 Å². The summed E-state index contributed by atoms with van der Waals surface area (Å²) < 4.78 is 5.59. The molecule has 0 saturated heterocycles. The van der Waals surface area contributed by atoms with Crippen molar-refractivity contribution in [1.29, 1.82) is 0 Å². The quantitative estimate of drug-likeness (QED) is 0.799. The minimum absolute atomic E-state index is 0.260. The SMILES string of the molecule is CC(C)(C)CCOc1c(N)cccc1Cl. The molecule has 0 unspecified atom stereocenters. The van der Waals surface area contributed by atoms with Crippen molar-refractivity contribution >= 4 is 17.3 Å². The molecule has 2 nitrogen and oxygen atoms in total. The average Bonchev–Trinajstić information content (AvgIpc) is 2.08. The normalized spacial score (nSPS) is 11.5. The summed E-state index contributed by atoms with van der Waals surface area (Å²) in [4.78, 5) is 0. The van der Waals surface area contributed by atoms with Gasteiger partial charge in [0, 0.05) is 0 Å². The van der Waals surface area contributed by atoms with Gasteiger partial charge in [0.25, 0.3) is 0 Å². The van der Waals surface area contributed by atoms with Crippen molar-refractivity contribution in [2.45, 2.75) is 27.2 Å². The van der Waals surface area contributed by atoms with Gasteiger partial charge in [0.1, 0.15) is 0 Å². The lowest BCUT2D eigenvalue weighted by Gasteiger charge is -2.19. The fourth-order valence-electron chi connectivity index (χ4n) is 1.14. The van der Waals surface area contributed by atoms with Crippen molar-refractivity contribution in [2.75, 3.05) is 12.3 Å². The van der Waals surface area contributed by atoms with Crippen LogP contribution in [0.2, 0.25) is 5.02 Å². The number of ether oxygens (including phenoxy) is 1. The highest BCUT2D eigenvalue weighted by molar-refractivity contribution is 6.32. The molecule has 3 heteroatoms. The van der Waals surface area contributed by atoms with E-state index in [0.29, 0.717) is 23.1 Å². The number of para-hydroxylation sites is 1. The van der Waals surface area contributed by atoms with Crippen LogP contribution in [-0.4, -0.2) is 6.61 Å². The summed E-state index contributed by atoms with van der Waals surface area (Å²) in [6, 6.07) is 5.39. The molecule has 0 radical (unpaired) electrons. The molecule has 0 heterocycles. The third-order valence-electron chi connectivity index (χ3n) is 2.10. The summed E-state index contributed by atoms with van der Waals surface area (Å²) in [5, 5.41) is 0.573. The molecule has 0 aromatic heterocycles. The highest BCUT2D eigenvalue weighted by Gasteiger charge is 2.11. The number of anilines is 1. The first-order valence-electron chi connectivity index (χ1n) is 5.07. The number of hydrogen-bond donors (Lipinski definition) is 1. The molecule has 0 bridgehead atoms. The van der Waals surface area contributed by atoms with E-state index in [0.717, 1.165) is 6.42 Å². The van der Waals surface area contributed by atoms with E-state index in [9.17, 15) is 0 Å². The fraction of sp³-hybridized carbons (Fsp3) is 0.500. The Balaban J connectivity index is 2.58. The van der Waals surface area contributed by atoms with Crippen LogP contribution in [0.3, 0.4) is 0 Å². The van der Waals surface area contributed by atoms with Gasteiger partial charge in [-0.1, -0.05) is 38.4 Å². The molecule has 2 N–H and O–H groups in total. The van der Waals surface area contributed by atoms with Crippen molar-refractivity contribution in [3.8, 4) is 5.75 Å². The maximum absolute atomic E-state index is 5.97. The lowest BCUT2D eigenvalue weighted by molar-refractivity contribution is 0.244. The summed E-state index contributed by atoms with van der Waals surface area (Å²) in [6.07, 6.45) is 0.970. The van der Waals surface area contributed by atoms with Gasteiger partial charge in [-0.25, -0.2) is 0 Å². The molecule has 84 valence electrons. The molecule has 15 heavy (non-hydrogen) atoms. The third-order valence-corrected chi connectivity index (χ3v) is 2.39. The van der Waals surface area contributed by atoms with E-state index in [2.05, 4.69) is 20.8 Å². The number of nitrogens with two attached hydrogens (primary N) is 1. The van der Waals surface area contributed by atoms with Gasteiger partial charge >= 0.3 is 0 Å². The van der Waals surface area contributed by atoms with Crippen LogP contribution >= 0.6 is 11.6 Å². The Hall–Kier alpha value is -0.890. The minimum atomic E-state index is 0.260. The Morgan fingerprint density at radius 1 is 1.33 bits per heavy atom. The van der Waals surface area contributed by atoms with Crippen LogP contribution in [0.1, 0.15) is 27.2 Å². The maximum Gasteiger partial charge on any atom is 0.160 e. The molecular weight excluding hydrogens is 210 g/mol. The summed E-state index contributed by atoms with van der Waals surface area (Å²) in [5.74, 6) is 0.600. The van der Waals surface area contributed by atoms with Gasteiger partial charge in [-0.2, -0.15) is 0 Å². The Morgan fingerprint density at radius 2 is 2.00 bits per heavy atom. The van der Waals surface area contributed by atoms with Crippen LogP contribution in [0, 0.1) is 5.41 Å². The average molecular weight is 228 g/mol. The molecule has 0 aliphatic heterocycles. The zero-order chi connectivity index (χ0) is 11.5. The molecule has 1 aromatic carbocycles. The van der Waals surface area contributed by atoms with Crippen molar-refractivity contribution in [1.82, 2.24) is 0 Å². The Bertz CT molecular complexity index is 311. The monoisotopic (exact) mass is 227 g/mol. The van der Waals surface area contributed by atoms with Crippen molar-refractivity contribution in [2.24, 2.45) is 5.41 Å². The first kappa shape index (κ1) is 12.2. The topological polar surface area (TPSA) is 35.2 Å². The van der Waals surface area contributed by atoms with Gasteiger partial charge in [-0.15, -0.1) is 0 Å². The van der Waals surface area contributed by atoms with Gasteiger partial charge < -0.3 is 10.5 Å². The molecule has 0 fully saturated rings. The van der Waals surface area contributed by atoms with E-state index in [-0.39, 0.29) is 5.41 Å². The first-order chi connectivity index (χ1) is 6.90. The highest BCUT2D eigenvalue weighted by Crippen LogP contribution is 2.31. The van der Waals surface area contributed by atoms with Crippen LogP contribution < -0.4 is 10.5 Å². The number of hydrogen-bond acceptors (Lipinski definition) is 2. The number of halogens is 1.